The second-order valence-corrected chi connectivity index (χ2v) is 7.91. The Labute approximate surface area is 170 Å². The number of thioether (sulfide) groups is 1. The predicted octanol–water partition coefficient (Wildman–Crippen LogP) is 5.25. The second-order valence-electron chi connectivity index (χ2n) is 7.03. The Morgan fingerprint density at radius 1 is 1.11 bits per heavy atom. The van der Waals surface area contributed by atoms with E-state index in [1.54, 1.807) is 7.11 Å². The van der Waals surface area contributed by atoms with Gasteiger partial charge in [-0.25, -0.2) is 0 Å². The molecule has 2 aromatic rings. The van der Waals surface area contributed by atoms with Gasteiger partial charge in [-0.3, -0.25) is 9.59 Å². The fraction of sp³-hybridized carbons (Fsp3) is 0.333. The van der Waals surface area contributed by atoms with Crippen molar-refractivity contribution in [3.05, 3.63) is 60.2 Å². The highest BCUT2D eigenvalue weighted by Crippen LogP contribution is 2.46. The molecule has 2 atom stereocenters. The average Bonchev–Trinajstić information content (AvgIpc) is 2.73. The summed E-state index contributed by atoms with van der Waals surface area (Å²) in [5.74, 6) is 3.49. The molecule has 1 aliphatic carbocycles. The van der Waals surface area contributed by atoms with E-state index in [1.165, 1.54) is 18.7 Å². The van der Waals surface area contributed by atoms with E-state index in [1.807, 2.05) is 54.6 Å². The van der Waals surface area contributed by atoms with E-state index in [4.69, 9.17) is 4.74 Å². The molecule has 0 aromatic heterocycles. The number of carbonyl (C=O) groups excluding carboxylic acids is 2. The number of rotatable bonds is 5. The molecular weight excluding hydrogens is 368 g/mol. The van der Waals surface area contributed by atoms with E-state index in [0.717, 1.165) is 29.1 Å². The third-order valence-corrected chi connectivity index (χ3v) is 6.14. The molecule has 4 heteroatoms. The molecule has 0 amide bonds. The van der Waals surface area contributed by atoms with Gasteiger partial charge in [0.1, 0.15) is 22.7 Å². The molecule has 1 aliphatic rings. The number of hydrogen-bond acceptors (Lipinski definition) is 4. The molecule has 28 heavy (non-hydrogen) atoms. The van der Waals surface area contributed by atoms with Crippen LogP contribution >= 0.6 is 11.8 Å². The van der Waals surface area contributed by atoms with Crippen molar-refractivity contribution in [2.24, 2.45) is 5.41 Å². The normalized spacial score (nSPS) is 20.0. The first-order valence-corrected chi connectivity index (χ1v) is 10.3. The van der Waals surface area contributed by atoms with Crippen molar-refractivity contribution in [1.82, 2.24) is 0 Å². The van der Waals surface area contributed by atoms with Gasteiger partial charge in [0.25, 0.3) is 0 Å². The fourth-order valence-electron chi connectivity index (χ4n) is 3.86. The number of hydrogen-bond donors (Lipinski definition) is 0. The molecule has 0 aliphatic heterocycles. The summed E-state index contributed by atoms with van der Waals surface area (Å²) in [5.41, 5.74) is -0.177. The van der Waals surface area contributed by atoms with Gasteiger partial charge in [0.05, 0.1) is 13.0 Å². The molecule has 2 aromatic carbocycles. The Morgan fingerprint density at radius 2 is 1.82 bits per heavy atom. The summed E-state index contributed by atoms with van der Waals surface area (Å²) in [6, 6.07) is 17.4. The zero-order chi connectivity index (χ0) is 20.0. The van der Waals surface area contributed by atoms with Crippen molar-refractivity contribution in [1.29, 1.82) is 0 Å². The fourth-order valence-corrected chi connectivity index (χ4v) is 4.44. The van der Waals surface area contributed by atoms with Crippen LogP contribution in [0.5, 0.6) is 5.75 Å². The number of methoxy groups -OCH3 is 1. The third kappa shape index (κ3) is 4.15. The van der Waals surface area contributed by atoms with E-state index < -0.39 is 11.3 Å². The number of ketones is 2. The Morgan fingerprint density at radius 3 is 2.43 bits per heavy atom. The molecule has 0 radical (unpaired) electrons. The predicted molar refractivity (Wildman–Crippen MR) is 112 cm³/mol. The maximum atomic E-state index is 13.0. The molecule has 2 unspecified atom stereocenters. The van der Waals surface area contributed by atoms with E-state index in [9.17, 15) is 9.59 Å². The van der Waals surface area contributed by atoms with Crippen LogP contribution in [0, 0.1) is 16.6 Å². The molecule has 1 fully saturated rings. The summed E-state index contributed by atoms with van der Waals surface area (Å²) in [7, 11) is 1.62. The molecule has 0 saturated heterocycles. The molecule has 0 N–H and O–H groups in total. The first-order valence-electron chi connectivity index (χ1n) is 9.48. The smallest absolute Gasteiger partial charge is 0.148 e. The Balaban J connectivity index is 2.02. The van der Waals surface area contributed by atoms with Gasteiger partial charge in [-0.1, -0.05) is 42.7 Å². The van der Waals surface area contributed by atoms with Crippen LogP contribution in [0.3, 0.4) is 0 Å². The van der Waals surface area contributed by atoms with Crippen LogP contribution < -0.4 is 4.74 Å². The average molecular weight is 393 g/mol. The highest BCUT2D eigenvalue weighted by molar-refractivity contribution is 8.03. The number of carbonyl (C=O) groups is 2. The van der Waals surface area contributed by atoms with Crippen molar-refractivity contribution in [3.8, 4) is 16.9 Å². The highest BCUT2D eigenvalue weighted by atomic mass is 32.2. The molecule has 1 saturated carbocycles. The second kappa shape index (κ2) is 9.12. The lowest BCUT2D eigenvalue weighted by molar-refractivity contribution is -0.142. The minimum Gasteiger partial charge on any atom is -0.497 e. The van der Waals surface area contributed by atoms with Gasteiger partial charge in [-0.05, 0) is 66.6 Å². The zero-order valence-electron chi connectivity index (χ0n) is 16.2. The van der Waals surface area contributed by atoms with Gasteiger partial charge >= 0.3 is 0 Å². The maximum absolute atomic E-state index is 13.0. The third-order valence-electron chi connectivity index (χ3n) is 5.41. The summed E-state index contributed by atoms with van der Waals surface area (Å²) in [6.07, 6.45) is 2.71. The van der Waals surface area contributed by atoms with Crippen LogP contribution in [0.25, 0.3) is 0 Å². The summed E-state index contributed by atoms with van der Waals surface area (Å²) < 4.78 is 5.25. The van der Waals surface area contributed by atoms with Crippen molar-refractivity contribution >= 4 is 23.3 Å². The van der Waals surface area contributed by atoms with E-state index in [2.05, 4.69) is 11.2 Å². The summed E-state index contributed by atoms with van der Waals surface area (Å²) in [5, 5.41) is 3.16. The SMILES string of the molecule is COc1ccc(C(C#CSc2ccccc2)C2(C(C)=O)CCCCC2=O)cc1. The minimum absolute atomic E-state index is 0.0195. The Bertz CT molecular complexity index is 893. The molecule has 144 valence electrons. The summed E-state index contributed by atoms with van der Waals surface area (Å²) in [6.45, 7) is 1.53. The van der Waals surface area contributed by atoms with Gasteiger partial charge in [0.15, 0.2) is 0 Å². The van der Waals surface area contributed by atoms with E-state index in [-0.39, 0.29) is 11.6 Å². The largest absolute Gasteiger partial charge is 0.497 e. The Hall–Kier alpha value is -2.51. The molecule has 3 nitrogen and oxygen atoms in total. The standard InChI is InChI=1S/C24H24O3S/c1-18(25)24(16-7-6-10-23(24)26)22(19-11-13-20(27-2)14-12-19)15-17-28-21-8-4-3-5-9-21/h3-5,8-9,11-14,22H,6-7,10,16H2,1-2H3. The van der Waals surface area contributed by atoms with Crippen LogP contribution in [-0.4, -0.2) is 18.7 Å². The van der Waals surface area contributed by atoms with Crippen LogP contribution in [0.1, 0.15) is 44.1 Å². The van der Waals surface area contributed by atoms with Gasteiger partial charge in [0.2, 0.25) is 0 Å². The molecule has 0 spiro atoms. The lowest BCUT2D eigenvalue weighted by Gasteiger charge is -2.38. The molecule has 3 rings (SSSR count). The molecular formula is C24H24O3S. The topological polar surface area (TPSA) is 43.4 Å². The first kappa shape index (κ1) is 20.2. The highest BCUT2D eigenvalue weighted by Gasteiger charge is 2.50. The van der Waals surface area contributed by atoms with E-state index in [0.29, 0.717) is 12.8 Å². The van der Waals surface area contributed by atoms with Crippen molar-refractivity contribution in [3.63, 3.8) is 0 Å². The van der Waals surface area contributed by atoms with Crippen LogP contribution in [0.4, 0.5) is 0 Å². The van der Waals surface area contributed by atoms with Gasteiger partial charge in [-0.2, -0.15) is 0 Å². The Kier molecular flexibility index (Phi) is 6.59. The maximum Gasteiger partial charge on any atom is 0.148 e. The zero-order valence-corrected chi connectivity index (χ0v) is 17.1. The monoisotopic (exact) mass is 392 g/mol. The van der Waals surface area contributed by atoms with Crippen LogP contribution in [0.2, 0.25) is 0 Å². The summed E-state index contributed by atoms with van der Waals surface area (Å²) >= 11 is 1.42. The van der Waals surface area contributed by atoms with Crippen LogP contribution in [0.15, 0.2) is 59.5 Å². The van der Waals surface area contributed by atoms with Crippen molar-refractivity contribution in [2.45, 2.75) is 43.4 Å². The lowest BCUT2D eigenvalue weighted by atomic mass is 9.61. The molecule has 0 bridgehead atoms. The van der Waals surface area contributed by atoms with Gasteiger partial charge < -0.3 is 4.74 Å². The number of benzene rings is 2. The quantitative estimate of drug-likeness (QED) is 0.396. The van der Waals surface area contributed by atoms with E-state index >= 15 is 0 Å². The first-order chi connectivity index (χ1) is 13.6. The number of ether oxygens (including phenoxy) is 1. The van der Waals surface area contributed by atoms with Gasteiger partial charge in [0, 0.05) is 11.3 Å². The lowest BCUT2D eigenvalue weighted by Crippen LogP contribution is -2.45. The van der Waals surface area contributed by atoms with Crippen molar-refractivity contribution < 1.29 is 14.3 Å². The van der Waals surface area contributed by atoms with Gasteiger partial charge in [-0.15, -0.1) is 0 Å². The number of Topliss-reactive ketones (excluding diaryl/α,β-unsaturated/α-hetero) is 2. The van der Waals surface area contributed by atoms with Crippen molar-refractivity contribution in [2.75, 3.05) is 7.11 Å². The molecule has 0 heterocycles. The van der Waals surface area contributed by atoms with Crippen LogP contribution in [-0.2, 0) is 9.59 Å². The minimum atomic E-state index is -1.06. The summed E-state index contributed by atoms with van der Waals surface area (Å²) in [4.78, 5) is 26.8.